The fourth-order valence-corrected chi connectivity index (χ4v) is 3.52. The molecule has 1 aliphatic heterocycles. The maximum atomic E-state index is 13.2. The van der Waals surface area contributed by atoms with Crippen LogP contribution in [0.3, 0.4) is 0 Å². The second-order valence-corrected chi connectivity index (χ2v) is 7.14. The van der Waals surface area contributed by atoms with Gasteiger partial charge in [0.05, 0.1) is 12.8 Å². The quantitative estimate of drug-likeness (QED) is 0.657. The van der Waals surface area contributed by atoms with Gasteiger partial charge < -0.3 is 14.5 Å². The molecule has 3 aromatic rings. The normalized spacial score (nSPS) is 14.1. The molecule has 9 heteroatoms. The lowest BCUT2D eigenvalue weighted by Gasteiger charge is -2.35. The van der Waals surface area contributed by atoms with E-state index in [0.29, 0.717) is 49.3 Å². The third-order valence-corrected chi connectivity index (χ3v) is 5.14. The Bertz CT molecular complexity index is 1060. The van der Waals surface area contributed by atoms with Crippen LogP contribution in [0.4, 0.5) is 10.2 Å². The summed E-state index contributed by atoms with van der Waals surface area (Å²) in [6, 6.07) is 9.63. The number of nitrogens with zero attached hydrogens (tertiary/aromatic N) is 6. The predicted octanol–water partition coefficient (Wildman–Crippen LogP) is 2.30. The zero-order chi connectivity index (χ0) is 21.3. The molecule has 0 radical (unpaired) electrons. The van der Waals surface area contributed by atoms with Crippen molar-refractivity contribution in [2.75, 3.05) is 38.2 Å². The van der Waals surface area contributed by atoms with Gasteiger partial charge in [0.15, 0.2) is 0 Å². The Morgan fingerprint density at radius 3 is 2.43 bits per heavy atom. The molecule has 30 heavy (non-hydrogen) atoms. The molecule has 3 heterocycles. The first-order valence-electron chi connectivity index (χ1n) is 9.68. The van der Waals surface area contributed by atoms with Crippen molar-refractivity contribution in [3.63, 3.8) is 0 Å². The third-order valence-electron chi connectivity index (χ3n) is 5.14. The topological polar surface area (TPSA) is 76.4 Å². The minimum absolute atomic E-state index is 0.0746. The van der Waals surface area contributed by atoms with E-state index in [9.17, 15) is 9.18 Å². The molecular weight excluding hydrogens is 387 g/mol. The Kier molecular flexibility index (Phi) is 5.35. The Morgan fingerprint density at radius 1 is 1.07 bits per heavy atom. The van der Waals surface area contributed by atoms with Gasteiger partial charge in [-0.2, -0.15) is 10.1 Å². The lowest BCUT2D eigenvalue weighted by Crippen LogP contribution is -2.49. The van der Waals surface area contributed by atoms with Crippen LogP contribution in [0, 0.1) is 12.7 Å². The number of rotatable bonds is 4. The van der Waals surface area contributed by atoms with Crippen LogP contribution in [0.25, 0.3) is 11.3 Å². The first-order valence-corrected chi connectivity index (χ1v) is 9.68. The van der Waals surface area contributed by atoms with Crippen LogP contribution in [-0.4, -0.2) is 63.8 Å². The molecule has 1 aromatic carbocycles. The number of aryl methyl sites for hydroxylation is 2. The Morgan fingerprint density at radius 2 is 1.77 bits per heavy atom. The number of anilines is 1. The lowest BCUT2D eigenvalue weighted by molar-refractivity contribution is 0.0735. The number of carbonyl (C=O) groups excluding carboxylic acids is 1. The number of methoxy groups -OCH3 is 1. The van der Waals surface area contributed by atoms with E-state index >= 15 is 0 Å². The van der Waals surface area contributed by atoms with Crippen LogP contribution in [0.1, 0.15) is 16.3 Å². The minimum Gasteiger partial charge on any atom is -0.481 e. The summed E-state index contributed by atoms with van der Waals surface area (Å²) in [6.45, 7) is 4.29. The molecule has 4 rings (SSSR count). The van der Waals surface area contributed by atoms with Crippen LogP contribution < -0.4 is 9.64 Å². The summed E-state index contributed by atoms with van der Waals surface area (Å²) >= 11 is 0. The Hall–Kier alpha value is -3.49. The van der Waals surface area contributed by atoms with E-state index in [1.165, 1.54) is 12.1 Å². The summed E-state index contributed by atoms with van der Waals surface area (Å²) in [7, 11) is 3.32. The number of hydrogen-bond acceptors (Lipinski definition) is 6. The molecule has 0 N–H and O–H groups in total. The van der Waals surface area contributed by atoms with Gasteiger partial charge in [-0.25, -0.2) is 9.37 Å². The van der Waals surface area contributed by atoms with Crippen molar-refractivity contribution in [3.05, 3.63) is 53.7 Å². The number of amides is 1. The molecule has 0 unspecified atom stereocenters. The summed E-state index contributed by atoms with van der Waals surface area (Å²) in [5.74, 6) is 1.59. The van der Waals surface area contributed by atoms with Gasteiger partial charge in [0.1, 0.15) is 23.2 Å². The molecule has 1 aliphatic rings. The van der Waals surface area contributed by atoms with E-state index in [-0.39, 0.29) is 11.7 Å². The molecule has 0 spiro atoms. The first kappa shape index (κ1) is 19.8. The summed E-state index contributed by atoms with van der Waals surface area (Å²) in [5, 5.41) is 4.42. The van der Waals surface area contributed by atoms with Crippen molar-refractivity contribution in [2.24, 2.45) is 7.05 Å². The number of carbonyl (C=O) groups is 1. The maximum absolute atomic E-state index is 13.2. The molecule has 0 bridgehead atoms. The Balaban J connectivity index is 1.46. The van der Waals surface area contributed by atoms with Crippen LogP contribution in [0.2, 0.25) is 0 Å². The summed E-state index contributed by atoms with van der Waals surface area (Å²) in [4.78, 5) is 25.7. The third kappa shape index (κ3) is 3.96. The van der Waals surface area contributed by atoms with E-state index in [4.69, 9.17) is 4.74 Å². The second-order valence-electron chi connectivity index (χ2n) is 7.14. The van der Waals surface area contributed by atoms with E-state index in [0.717, 1.165) is 11.4 Å². The fraction of sp³-hybridized carbons (Fsp3) is 0.333. The van der Waals surface area contributed by atoms with Crippen molar-refractivity contribution in [1.82, 2.24) is 24.6 Å². The highest BCUT2D eigenvalue weighted by molar-refractivity contribution is 5.94. The zero-order valence-corrected chi connectivity index (χ0v) is 17.2. The average molecular weight is 410 g/mol. The van der Waals surface area contributed by atoms with Crippen molar-refractivity contribution in [3.8, 4) is 17.1 Å². The summed E-state index contributed by atoms with van der Waals surface area (Å²) in [6.07, 6.45) is 0. The van der Waals surface area contributed by atoms with Gasteiger partial charge in [-0.05, 0) is 37.3 Å². The van der Waals surface area contributed by atoms with Gasteiger partial charge in [-0.3, -0.25) is 9.48 Å². The number of ether oxygens (including phenoxy) is 1. The largest absolute Gasteiger partial charge is 0.481 e. The van der Waals surface area contributed by atoms with Crippen LogP contribution in [0.15, 0.2) is 36.4 Å². The predicted molar refractivity (Wildman–Crippen MR) is 110 cm³/mol. The van der Waals surface area contributed by atoms with Gasteiger partial charge in [0, 0.05) is 44.9 Å². The molecule has 0 saturated carbocycles. The average Bonchev–Trinajstić information content (AvgIpc) is 3.15. The lowest BCUT2D eigenvalue weighted by atomic mass is 10.1. The summed E-state index contributed by atoms with van der Waals surface area (Å²) < 4.78 is 20.0. The van der Waals surface area contributed by atoms with Crippen LogP contribution in [-0.2, 0) is 7.05 Å². The Labute approximate surface area is 173 Å². The molecule has 0 aliphatic carbocycles. The SMILES string of the molecule is COc1cc(N2CCN(C(=O)c3cc(-c4ccc(F)cc4)nn3C)CC2)nc(C)n1. The number of piperazine rings is 1. The number of benzene rings is 1. The highest BCUT2D eigenvalue weighted by atomic mass is 19.1. The molecule has 1 amide bonds. The number of halogens is 1. The number of aromatic nitrogens is 4. The van der Waals surface area contributed by atoms with Gasteiger partial charge in [0.2, 0.25) is 5.88 Å². The zero-order valence-electron chi connectivity index (χ0n) is 17.2. The maximum Gasteiger partial charge on any atom is 0.272 e. The van der Waals surface area contributed by atoms with Crippen LogP contribution in [0.5, 0.6) is 5.88 Å². The van der Waals surface area contributed by atoms with Crippen molar-refractivity contribution >= 4 is 11.7 Å². The van der Waals surface area contributed by atoms with Crippen molar-refractivity contribution < 1.29 is 13.9 Å². The first-order chi connectivity index (χ1) is 14.4. The van der Waals surface area contributed by atoms with Crippen molar-refractivity contribution in [2.45, 2.75) is 6.92 Å². The van der Waals surface area contributed by atoms with Gasteiger partial charge in [-0.15, -0.1) is 0 Å². The minimum atomic E-state index is -0.305. The van der Waals surface area contributed by atoms with Gasteiger partial charge in [-0.1, -0.05) is 0 Å². The molecule has 1 fully saturated rings. The van der Waals surface area contributed by atoms with E-state index in [1.807, 2.05) is 11.8 Å². The molecule has 8 nitrogen and oxygen atoms in total. The number of hydrogen-bond donors (Lipinski definition) is 0. The van der Waals surface area contributed by atoms with Gasteiger partial charge in [0.25, 0.3) is 5.91 Å². The van der Waals surface area contributed by atoms with Gasteiger partial charge >= 0.3 is 0 Å². The summed E-state index contributed by atoms with van der Waals surface area (Å²) in [5.41, 5.74) is 1.91. The monoisotopic (exact) mass is 410 g/mol. The smallest absolute Gasteiger partial charge is 0.272 e. The standard InChI is InChI=1S/C21H23FN6O2/c1-14-23-19(13-20(24-14)30-3)27-8-10-28(11-9-27)21(29)18-12-17(25-26(18)2)15-4-6-16(22)7-5-15/h4-7,12-13H,8-11H2,1-3H3. The van der Waals surface area contributed by atoms with E-state index < -0.39 is 0 Å². The molecule has 1 saturated heterocycles. The molecule has 0 atom stereocenters. The second kappa shape index (κ2) is 8.10. The molecule has 156 valence electrons. The van der Waals surface area contributed by atoms with Crippen molar-refractivity contribution in [1.29, 1.82) is 0 Å². The fourth-order valence-electron chi connectivity index (χ4n) is 3.52. The molecule has 2 aromatic heterocycles. The van der Waals surface area contributed by atoms with E-state index in [2.05, 4.69) is 20.0 Å². The van der Waals surface area contributed by atoms with E-state index in [1.54, 1.807) is 43.1 Å². The highest BCUT2D eigenvalue weighted by Crippen LogP contribution is 2.22. The molecular formula is C21H23FN6O2. The highest BCUT2D eigenvalue weighted by Gasteiger charge is 2.26. The van der Waals surface area contributed by atoms with Crippen LogP contribution >= 0.6 is 0 Å².